The van der Waals surface area contributed by atoms with Gasteiger partial charge in [0, 0.05) is 55.2 Å². The molecule has 8 aliphatic rings. The van der Waals surface area contributed by atoms with Crippen LogP contribution in [0.3, 0.4) is 0 Å². The van der Waals surface area contributed by atoms with Crippen LogP contribution in [-0.2, 0) is 135 Å². The van der Waals surface area contributed by atoms with Crippen molar-refractivity contribution in [3.8, 4) is 0 Å². The maximum Gasteiger partial charge on any atom is 0.386 e. The molecule has 0 spiro atoms. The zero-order valence-corrected chi connectivity index (χ0v) is 68.6. The van der Waals surface area contributed by atoms with Crippen LogP contribution in [0.4, 0.5) is 23.3 Å². The van der Waals surface area contributed by atoms with Crippen molar-refractivity contribution in [2.75, 3.05) is 63.1 Å². The van der Waals surface area contributed by atoms with Crippen LogP contribution in [-0.4, -0.2) is 229 Å². The molecule has 8 aliphatic heterocycles. The fraction of sp³-hybridized carbons (Fsp3) is 0.614. The molecule has 8 saturated heterocycles. The molecule has 6 bridgehead atoms. The zero-order valence-electron chi connectivity index (χ0n) is 59.9. The summed E-state index contributed by atoms with van der Waals surface area (Å²) in [7, 11) is 1.15. The summed E-state index contributed by atoms with van der Waals surface area (Å²) in [5.74, 6) is -0.0714. The number of hydrogen-bond acceptors (Lipinski definition) is 40. The predicted molar refractivity (Wildman–Crippen MR) is 404 cm³/mol. The normalized spacial score (nSPS) is 35.2. The van der Waals surface area contributed by atoms with Gasteiger partial charge in [0.25, 0.3) is 5.56 Å². The average molecular weight is 1780 g/mol. The van der Waals surface area contributed by atoms with Crippen LogP contribution in [0.5, 0.6) is 0 Å². The van der Waals surface area contributed by atoms with Crippen molar-refractivity contribution in [1.82, 2.24) is 67.7 Å². The van der Waals surface area contributed by atoms with Crippen molar-refractivity contribution in [3.05, 3.63) is 102 Å². The number of nitrogens with one attached hydrogen (secondary N) is 1. The molecule has 8 unspecified atom stereocenters. The molecule has 0 aromatic carbocycles. The summed E-state index contributed by atoms with van der Waals surface area (Å²) >= 11 is 26.8. The Hall–Kier alpha value is -5.00. The van der Waals surface area contributed by atoms with E-state index in [0.29, 0.717) is 11.1 Å². The highest BCUT2D eigenvalue weighted by molar-refractivity contribution is 8.44. The highest BCUT2D eigenvalue weighted by Gasteiger charge is 2.72. The van der Waals surface area contributed by atoms with Crippen molar-refractivity contribution in [1.29, 1.82) is 0 Å². The second kappa shape index (κ2) is 30.7. The summed E-state index contributed by atoms with van der Waals surface area (Å²) in [6, 6.07) is 0. The van der Waals surface area contributed by atoms with E-state index in [9.17, 15) is 48.4 Å². The number of nitrogens with zero attached hydrogens (tertiary/aromatic N) is 13. The lowest BCUT2D eigenvalue weighted by Crippen LogP contribution is -2.52. The van der Waals surface area contributed by atoms with Gasteiger partial charge in [0.2, 0.25) is 0 Å². The molecule has 0 radical (unpaired) electrons. The standard InChI is InChI=1S/C57H75N18O28P5S5/c1-22-10-72(52(78)68-42(22)58)49-36-39(55(15-76,96-49)25(4)91-36)101-107(84,112)89-16-56-26(5)92-37(50(97-56)73-11-23(2)43(59)69-53(73)79)40(56)103-108(85,113)90-17-57-27(6)93-38(51(98-57)75-21-67-35-45(61)63-19-65-47(35)75)41(57)102-106(83,111)88-14-31-29(8-32(94-31)71-12-24(3)48(77)70-54(71)80)100-105(82,110)87-13-30-28(99-104(81,109)86-7)9-33(95-30)74-20-66-34-44(60)62-18-64-46(34)74/h10-12,18-21,25-33,36-41,49-51,76H,8-9,13-17H2,1-7H3,(H,81,109)(H,82,110)(H,83,111)(H,84,112)(H,85,113)(H2,58,68,78)(H2,59,69,79)(H2,60,62,64)(H2,61,63,65)(H,70,77,80)/t25-,26-,27-,28+,29+,30+,31+,32+,33+,36?,37?,38?,39+,40+,41+,49+,50+,51+,55-,56-,57-,104?,105?,106?,107?,108?/m0/s1. The average Bonchev–Trinajstić information content (AvgIpc) is 1.56. The smallest absolute Gasteiger partial charge is 0.386 e. The molecule has 8 fully saturated rings. The number of aromatic amines is 1. The van der Waals surface area contributed by atoms with Gasteiger partial charge in [-0.15, -0.1) is 0 Å². The SMILES string of the molecule is COP(O)(=S)O[C@@H]1C[C@H](n2cnc3c(N)ncnc32)O[C@@H]1COP(=O)(S)O[C@@H]1C[C@H](n2cc(C)c(=O)[nH]c2=O)O[C@@H]1COP(O)(=S)O[C@@H]1C2O[C@@H](C)[C@]1(COP(O)(=S)O[C@@H]1C3O[C@@H](C)[C@]1(COP(O)(=S)O[C@@H]1C4O[C@@H](C)[C@]1(CO)O[C@H]4n1cc(C)c(N)nc1=O)O[C@H]3n1cc(C)c(N)nc1=O)O[C@H]2n1cnc2c(N)ncnc21. The highest BCUT2D eigenvalue weighted by Crippen LogP contribution is 2.64. The number of rotatable bonds is 29. The summed E-state index contributed by atoms with van der Waals surface area (Å²) in [6.07, 6.45) is -14.4. The Morgan fingerprint density at radius 3 is 1.45 bits per heavy atom. The number of aliphatic hydroxyl groups excluding tert-OH is 1. The summed E-state index contributed by atoms with van der Waals surface area (Å²) in [6.45, 7) is -17.3. The van der Waals surface area contributed by atoms with Crippen LogP contribution in [0.2, 0.25) is 0 Å². The number of aliphatic hydroxyl groups is 1. The number of hydrogen-bond donors (Lipinski definition) is 11. The molecule has 616 valence electrons. The third-order valence-corrected chi connectivity index (χ3v) is 28.8. The highest BCUT2D eigenvalue weighted by atomic mass is 32.7. The van der Waals surface area contributed by atoms with Crippen LogP contribution < -0.4 is 45.6 Å². The molecule has 46 nitrogen and oxygen atoms in total. The van der Waals surface area contributed by atoms with Gasteiger partial charge < -0.3 is 108 Å². The minimum atomic E-state index is -4.85. The number of fused-ring (bicyclic) bond motifs is 8. The van der Waals surface area contributed by atoms with Gasteiger partial charge in [0.1, 0.15) is 120 Å². The molecule has 26 atom stereocenters. The maximum absolute atomic E-state index is 14.6. The van der Waals surface area contributed by atoms with Crippen LogP contribution in [0.15, 0.2) is 63.1 Å². The van der Waals surface area contributed by atoms with Gasteiger partial charge in [-0.25, -0.2) is 48.9 Å². The first kappa shape index (κ1) is 83.1. The van der Waals surface area contributed by atoms with Crippen molar-refractivity contribution in [3.63, 3.8) is 0 Å². The minimum Gasteiger partial charge on any atom is -0.393 e. The molecule has 0 aliphatic carbocycles. The first-order valence-corrected chi connectivity index (χ1v) is 47.2. The number of H-pyrrole nitrogens is 1. The number of thiol groups is 1. The first-order chi connectivity index (χ1) is 53.2. The van der Waals surface area contributed by atoms with Gasteiger partial charge in [-0.3, -0.25) is 55.2 Å². The predicted octanol–water partition coefficient (Wildman–Crippen LogP) is 0.260. The monoisotopic (exact) mass is 1770 g/mol. The second-order valence-electron chi connectivity index (χ2n) is 27.7. The van der Waals surface area contributed by atoms with Gasteiger partial charge in [-0.05, 0) is 88.8 Å². The van der Waals surface area contributed by atoms with Crippen molar-refractivity contribution < 1.29 is 112 Å². The van der Waals surface area contributed by atoms with E-state index in [1.807, 2.05) is 0 Å². The molecule has 7 aromatic rings. The number of ether oxygens (including phenoxy) is 8. The maximum atomic E-state index is 14.6. The van der Waals surface area contributed by atoms with Crippen molar-refractivity contribution in [2.45, 2.75) is 182 Å². The van der Waals surface area contributed by atoms with E-state index in [1.165, 1.54) is 66.9 Å². The Labute approximate surface area is 662 Å². The Morgan fingerprint density at radius 2 is 0.956 bits per heavy atom. The van der Waals surface area contributed by atoms with E-state index in [0.717, 1.165) is 20.8 Å². The van der Waals surface area contributed by atoms with Crippen LogP contribution in [0.1, 0.15) is 81.4 Å². The van der Waals surface area contributed by atoms with Gasteiger partial charge in [-0.2, -0.15) is 9.97 Å². The third kappa shape index (κ3) is 15.4. The quantitative estimate of drug-likeness (QED) is 0.0221. The fourth-order valence-corrected chi connectivity index (χ4v) is 21.8. The van der Waals surface area contributed by atoms with Crippen LogP contribution in [0, 0.1) is 20.8 Å². The molecular weight excluding hydrogens is 1700 g/mol. The molecule has 0 amide bonds. The van der Waals surface area contributed by atoms with Crippen molar-refractivity contribution in [2.24, 2.45) is 0 Å². The van der Waals surface area contributed by atoms with Gasteiger partial charge >= 0.3 is 50.7 Å². The Balaban J connectivity index is 0.688. The largest absolute Gasteiger partial charge is 0.393 e. The lowest BCUT2D eigenvalue weighted by atomic mass is 9.94. The molecule has 15 rings (SSSR count). The molecule has 15 heterocycles. The number of aromatic nitrogens is 14. The number of nitrogen functional groups attached to an aromatic ring is 4. The van der Waals surface area contributed by atoms with Gasteiger partial charge in [-0.1, -0.05) is 12.2 Å². The third-order valence-electron chi connectivity index (χ3n) is 20.9. The fourth-order valence-electron chi connectivity index (χ4n) is 15.0. The summed E-state index contributed by atoms with van der Waals surface area (Å²) in [5.41, 5.74) is 16.8. The molecule has 0 saturated carbocycles. The molecule has 7 aromatic heterocycles. The second-order valence-corrected chi connectivity index (χ2v) is 41.8. The lowest BCUT2D eigenvalue weighted by molar-refractivity contribution is -0.219. The summed E-state index contributed by atoms with van der Waals surface area (Å²) in [4.78, 5) is 136. The first-order valence-electron chi connectivity index (χ1n) is 34.2. The topological polar surface area (TPSA) is 600 Å². The number of anilines is 4. The number of nitrogens with two attached hydrogens (primary N) is 4. The van der Waals surface area contributed by atoms with Gasteiger partial charge in [0.05, 0.1) is 70.1 Å². The Kier molecular flexibility index (Phi) is 22.5. The van der Waals surface area contributed by atoms with E-state index in [4.69, 9.17) is 153 Å². The molecular formula is C57H75N18O28P5S5. The van der Waals surface area contributed by atoms with E-state index in [1.54, 1.807) is 27.7 Å². The van der Waals surface area contributed by atoms with E-state index < -0.39 is 217 Å². The lowest BCUT2D eigenvalue weighted by Gasteiger charge is -2.38. The summed E-state index contributed by atoms with van der Waals surface area (Å²) in [5, 5.41) is 11.0. The van der Waals surface area contributed by atoms with Crippen LogP contribution >= 0.6 is 45.9 Å². The van der Waals surface area contributed by atoms with E-state index >= 15 is 0 Å². The van der Waals surface area contributed by atoms with Crippen molar-refractivity contribution >= 4 is 139 Å². The van der Waals surface area contributed by atoms with Gasteiger partial charge in [0.15, 0.2) is 41.6 Å². The Morgan fingerprint density at radius 1 is 0.540 bits per heavy atom. The zero-order chi connectivity index (χ0) is 80.9. The molecule has 14 N–H and O–H groups in total. The molecule has 113 heavy (non-hydrogen) atoms. The molecule has 56 heteroatoms. The Bertz CT molecular complexity index is 5430. The minimum absolute atomic E-state index is 0.0131. The number of aryl methyl sites for hydroxylation is 3. The summed E-state index contributed by atoms with van der Waals surface area (Å²) < 4.78 is 133. The van der Waals surface area contributed by atoms with Crippen LogP contribution in [0.25, 0.3) is 22.3 Å². The van der Waals surface area contributed by atoms with E-state index in [-0.39, 0.29) is 64.0 Å². The van der Waals surface area contributed by atoms with E-state index in [2.05, 4.69) is 57.1 Å². The number of imidazole rings is 2.